The number of nitrogens with one attached hydrogen (secondary N) is 2. The maximum atomic E-state index is 12.6. The summed E-state index contributed by atoms with van der Waals surface area (Å²) in [4.78, 5) is 13.3. The molecule has 3 rings (SSSR count). The van der Waals surface area contributed by atoms with Gasteiger partial charge in [0.05, 0.1) is 11.0 Å². The van der Waals surface area contributed by atoms with E-state index in [-0.39, 0.29) is 18.1 Å². The number of piperidine rings is 1. The third-order valence-corrected chi connectivity index (χ3v) is 6.02. The van der Waals surface area contributed by atoms with Gasteiger partial charge in [-0.3, -0.25) is 4.79 Å². The van der Waals surface area contributed by atoms with E-state index in [9.17, 15) is 4.79 Å². The van der Waals surface area contributed by atoms with Crippen molar-refractivity contribution in [2.45, 2.75) is 64.5 Å². The SMILES string of the molecule is CCCC(CCC)Oc1ccc2sc(C(=O)NC3CCNCC3)cc2c1. The molecule has 5 heteroatoms. The first-order chi connectivity index (χ1) is 12.7. The predicted octanol–water partition coefficient (Wildman–Crippen LogP) is 4.73. The Balaban J connectivity index is 1.69. The van der Waals surface area contributed by atoms with E-state index >= 15 is 0 Å². The molecule has 0 atom stereocenters. The van der Waals surface area contributed by atoms with Crippen LogP contribution in [0, 0.1) is 0 Å². The lowest BCUT2D eigenvalue weighted by molar-refractivity contribution is 0.0933. The van der Waals surface area contributed by atoms with E-state index in [0.29, 0.717) is 0 Å². The summed E-state index contributed by atoms with van der Waals surface area (Å²) in [5.41, 5.74) is 0. The van der Waals surface area contributed by atoms with Gasteiger partial charge < -0.3 is 15.4 Å². The van der Waals surface area contributed by atoms with Crippen molar-refractivity contribution < 1.29 is 9.53 Å². The van der Waals surface area contributed by atoms with Crippen LogP contribution in [0.5, 0.6) is 5.75 Å². The molecule has 4 nitrogen and oxygen atoms in total. The van der Waals surface area contributed by atoms with Gasteiger partial charge in [0.1, 0.15) is 5.75 Å². The highest BCUT2D eigenvalue weighted by molar-refractivity contribution is 7.20. The zero-order valence-electron chi connectivity index (χ0n) is 15.8. The molecular formula is C21H30N2O2S. The Morgan fingerprint density at radius 1 is 1.23 bits per heavy atom. The van der Waals surface area contributed by atoms with Crippen molar-refractivity contribution in [3.05, 3.63) is 29.1 Å². The summed E-state index contributed by atoms with van der Waals surface area (Å²) in [6.45, 7) is 6.35. The molecule has 0 radical (unpaired) electrons. The van der Waals surface area contributed by atoms with Crippen LogP contribution in [0.15, 0.2) is 24.3 Å². The molecule has 1 aliphatic heterocycles. The fourth-order valence-electron chi connectivity index (χ4n) is 3.53. The highest BCUT2D eigenvalue weighted by atomic mass is 32.1. The van der Waals surface area contributed by atoms with Gasteiger partial charge in [0, 0.05) is 10.7 Å². The molecule has 0 unspecified atom stereocenters. The summed E-state index contributed by atoms with van der Waals surface area (Å²) < 4.78 is 7.33. The van der Waals surface area contributed by atoms with Crippen LogP contribution in [-0.2, 0) is 0 Å². The molecule has 26 heavy (non-hydrogen) atoms. The van der Waals surface area contributed by atoms with Gasteiger partial charge in [-0.2, -0.15) is 0 Å². The van der Waals surface area contributed by atoms with Crippen LogP contribution in [0.3, 0.4) is 0 Å². The number of benzene rings is 1. The largest absolute Gasteiger partial charge is 0.490 e. The van der Waals surface area contributed by atoms with Gasteiger partial charge in [-0.15, -0.1) is 11.3 Å². The number of amides is 1. The van der Waals surface area contributed by atoms with E-state index in [2.05, 4.69) is 36.6 Å². The molecule has 0 bridgehead atoms. The fourth-order valence-corrected chi connectivity index (χ4v) is 4.47. The number of carbonyl (C=O) groups excluding carboxylic acids is 1. The van der Waals surface area contributed by atoms with Gasteiger partial charge >= 0.3 is 0 Å². The fraction of sp³-hybridized carbons (Fsp3) is 0.571. The van der Waals surface area contributed by atoms with Gasteiger partial charge in [-0.1, -0.05) is 26.7 Å². The minimum absolute atomic E-state index is 0.0513. The Labute approximate surface area is 160 Å². The van der Waals surface area contributed by atoms with Crippen molar-refractivity contribution >= 4 is 27.3 Å². The Bertz CT molecular complexity index is 716. The minimum Gasteiger partial charge on any atom is -0.490 e. The maximum Gasteiger partial charge on any atom is 0.261 e. The summed E-state index contributed by atoms with van der Waals surface area (Å²) >= 11 is 1.56. The first kappa shape index (κ1) is 19.2. The van der Waals surface area contributed by atoms with Crippen LogP contribution in [0.1, 0.15) is 62.0 Å². The highest BCUT2D eigenvalue weighted by Crippen LogP contribution is 2.30. The molecule has 0 aliphatic carbocycles. The number of carbonyl (C=O) groups is 1. The van der Waals surface area contributed by atoms with Crippen LogP contribution in [0.25, 0.3) is 10.1 Å². The molecule has 1 amide bonds. The van der Waals surface area contributed by atoms with Crippen LogP contribution in [0.4, 0.5) is 0 Å². The average molecular weight is 375 g/mol. The summed E-state index contributed by atoms with van der Waals surface area (Å²) in [6, 6.07) is 8.47. The number of ether oxygens (including phenoxy) is 1. The van der Waals surface area contributed by atoms with Crippen LogP contribution in [-0.4, -0.2) is 31.1 Å². The van der Waals surface area contributed by atoms with Crippen molar-refractivity contribution in [1.29, 1.82) is 0 Å². The quantitative estimate of drug-likeness (QED) is 0.702. The van der Waals surface area contributed by atoms with E-state index in [4.69, 9.17) is 4.74 Å². The Kier molecular flexibility index (Phi) is 6.92. The van der Waals surface area contributed by atoms with E-state index in [1.165, 1.54) is 0 Å². The van der Waals surface area contributed by atoms with Gasteiger partial charge in [0.2, 0.25) is 0 Å². The van der Waals surface area contributed by atoms with E-state index in [0.717, 1.165) is 72.3 Å². The monoisotopic (exact) mass is 374 g/mol. The van der Waals surface area contributed by atoms with Crippen molar-refractivity contribution in [2.24, 2.45) is 0 Å². The van der Waals surface area contributed by atoms with Gasteiger partial charge in [0.25, 0.3) is 5.91 Å². The second kappa shape index (κ2) is 9.38. The first-order valence-corrected chi connectivity index (χ1v) is 10.7. The Hall–Kier alpha value is -1.59. The smallest absolute Gasteiger partial charge is 0.261 e. The third-order valence-electron chi connectivity index (χ3n) is 4.91. The average Bonchev–Trinajstić information content (AvgIpc) is 3.06. The minimum atomic E-state index is 0.0513. The lowest BCUT2D eigenvalue weighted by atomic mass is 10.1. The highest BCUT2D eigenvalue weighted by Gasteiger charge is 2.18. The number of fused-ring (bicyclic) bond motifs is 1. The zero-order valence-corrected chi connectivity index (χ0v) is 16.7. The number of rotatable bonds is 8. The topological polar surface area (TPSA) is 50.4 Å². The van der Waals surface area contributed by atoms with E-state index in [1.807, 2.05) is 12.1 Å². The molecule has 2 N–H and O–H groups in total. The summed E-state index contributed by atoms with van der Waals surface area (Å²) in [5, 5.41) is 7.60. The second-order valence-corrected chi connectivity index (χ2v) is 8.21. The molecule has 1 aliphatic rings. The van der Waals surface area contributed by atoms with Crippen molar-refractivity contribution in [1.82, 2.24) is 10.6 Å². The number of hydrogen-bond donors (Lipinski definition) is 2. The van der Waals surface area contributed by atoms with Crippen LogP contribution >= 0.6 is 11.3 Å². The molecule has 0 saturated carbocycles. The first-order valence-electron chi connectivity index (χ1n) is 9.91. The summed E-state index contributed by atoms with van der Waals surface area (Å²) in [6.07, 6.45) is 6.72. The molecule has 142 valence electrons. The molecule has 0 spiro atoms. The van der Waals surface area contributed by atoms with Crippen LogP contribution < -0.4 is 15.4 Å². The molecule has 1 fully saturated rings. The summed E-state index contributed by atoms with van der Waals surface area (Å²) in [5.74, 6) is 0.961. The standard InChI is InChI=1S/C21H30N2O2S/c1-3-5-17(6-4-2)25-18-7-8-19-15(13-18)14-20(26-19)21(24)23-16-9-11-22-12-10-16/h7-8,13-14,16-17,22H,3-6,9-12H2,1-2H3,(H,23,24). The Morgan fingerprint density at radius 3 is 2.65 bits per heavy atom. The normalized spacial score (nSPS) is 15.5. The lowest BCUT2D eigenvalue weighted by Crippen LogP contribution is -2.42. The molecular weight excluding hydrogens is 344 g/mol. The van der Waals surface area contributed by atoms with Gasteiger partial charge in [0.15, 0.2) is 0 Å². The molecule has 2 aromatic rings. The van der Waals surface area contributed by atoms with Crippen molar-refractivity contribution in [2.75, 3.05) is 13.1 Å². The molecule has 1 aromatic heterocycles. The van der Waals surface area contributed by atoms with Crippen LogP contribution in [0.2, 0.25) is 0 Å². The molecule has 1 aromatic carbocycles. The number of thiophene rings is 1. The summed E-state index contributed by atoms with van der Waals surface area (Å²) in [7, 11) is 0. The van der Waals surface area contributed by atoms with E-state index < -0.39 is 0 Å². The number of hydrogen-bond acceptors (Lipinski definition) is 4. The van der Waals surface area contributed by atoms with Crippen molar-refractivity contribution in [3.63, 3.8) is 0 Å². The molecule has 1 saturated heterocycles. The zero-order chi connectivity index (χ0) is 18.4. The predicted molar refractivity (Wildman–Crippen MR) is 109 cm³/mol. The Morgan fingerprint density at radius 2 is 1.96 bits per heavy atom. The second-order valence-electron chi connectivity index (χ2n) is 7.13. The molecule has 2 heterocycles. The third kappa shape index (κ3) is 4.98. The van der Waals surface area contributed by atoms with Gasteiger partial charge in [-0.05, 0) is 68.4 Å². The lowest BCUT2D eigenvalue weighted by Gasteiger charge is -2.23. The van der Waals surface area contributed by atoms with Crippen molar-refractivity contribution in [3.8, 4) is 5.75 Å². The van der Waals surface area contributed by atoms with E-state index in [1.54, 1.807) is 11.3 Å². The maximum absolute atomic E-state index is 12.6. The van der Waals surface area contributed by atoms with Gasteiger partial charge in [-0.25, -0.2) is 0 Å².